The van der Waals surface area contributed by atoms with Crippen LogP contribution in [0.1, 0.15) is 23.2 Å². The first-order valence-corrected chi connectivity index (χ1v) is 6.71. The highest BCUT2D eigenvalue weighted by atomic mass is 32.1. The van der Waals surface area contributed by atoms with E-state index >= 15 is 0 Å². The average molecular weight is 337 g/mol. The molecule has 0 unspecified atom stereocenters. The summed E-state index contributed by atoms with van der Waals surface area (Å²) in [5.74, 6) is -1.14. The number of halogens is 5. The minimum atomic E-state index is -4.76. The van der Waals surface area contributed by atoms with Crippen molar-refractivity contribution in [3.05, 3.63) is 40.4 Å². The molecule has 0 aliphatic carbocycles. The van der Waals surface area contributed by atoms with Gasteiger partial charge in [0.1, 0.15) is 5.01 Å². The quantitative estimate of drug-likeness (QED) is 0.842. The second-order valence-corrected chi connectivity index (χ2v) is 5.21. The Kier molecular flexibility index (Phi) is 4.45. The minimum absolute atomic E-state index is 0.0595. The second-order valence-electron chi connectivity index (χ2n) is 4.36. The largest absolute Gasteiger partial charge is 0.481 e. The molecule has 1 aromatic carbocycles. The Morgan fingerprint density at radius 1 is 1.27 bits per heavy atom. The second kappa shape index (κ2) is 5.99. The third-order valence-corrected chi connectivity index (χ3v) is 3.61. The van der Waals surface area contributed by atoms with Gasteiger partial charge in [-0.15, -0.1) is 11.3 Å². The van der Waals surface area contributed by atoms with Crippen molar-refractivity contribution in [3.63, 3.8) is 0 Å². The van der Waals surface area contributed by atoms with E-state index in [0.717, 1.165) is 23.5 Å². The zero-order valence-electron chi connectivity index (χ0n) is 10.7. The molecular weight excluding hydrogens is 329 g/mol. The molecule has 1 heterocycles. The lowest BCUT2D eigenvalue weighted by molar-refractivity contribution is -0.138. The van der Waals surface area contributed by atoms with Crippen molar-refractivity contribution in [2.45, 2.75) is 19.0 Å². The van der Waals surface area contributed by atoms with Crippen molar-refractivity contribution in [3.8, 4) is 10.6 Å². The molecule has 3 nitrogen and oxygen atoms in total. The number of hydrogen-bond acceptors (Lipinski definition) is 3. The predicted molar refractivity (Wildman–Crippen MR) is 68.8 cm³/mol. The zero-order valence-corrected chi connectivity index (χ0v) is 11.5. The van der Waals surface area contributed by atoms with Crippen molar-refractivity contribution in [2.75, 3.05) is 0 Å². The molecule has 2 rings (SSSR count). The molecule has 0 radical (unpaired) electrons. The summed E-state index contributed by atoms with van der Waals surface area (Å²) in [5, 5.41) is 10.1. The van der Waals surface area contributed by atoms with Gasteiger partial charge < -0.3 is 5.11 Å². The molecule has 1 N–H and O–H groups in total. The third kappa shape index (κ3) is 3.79. The summed E-state index contributed by atoms with van der Waals surface area (Å²) in [5.41, 5.74) is -1.93. The van der Waals surface area contributed by atoms with Gasteiger partial charge in [0.25, 0.3) is 6.43 Å². The van der Waals surface area contributed by atoms with Gasteiger partial charge in [-0.1, -0.05) is 0 Å². The number of nitrogens with zero attached hydrogens (tertiary/aromatic N) is 1. The number of thiazole rings is 1. The monoisotopic (exact) mass is 337 g/mol. The predicted octanol–water partition coefficient (Wildman–Crippen LogP) is 4.39. The number of carboxylic acid groups (broad SMARTS) is 1. The summed E-state index contributed by atoms with van der Waals surface area (Å²) in [6.07, 6.45) is -8.21. The molecule has 0 saturated heterocycles. The molecule has 0 amide bonds. The molecule has 0 atom stereocenters. The standard InChI is InChI=1S/C13H8F5NO2S/c14-11(15)6-1-7(3-8(2-6)13(16,17)18)12-19-9(5-22-12)4-10(20)21/h1-3,5,11H,4H2,(H,20,21). The van der Waals surface area contributed by atoms with Gasteiger partial charge in [0.05, 0.1) is 17.7 Å². The van der Waals surface area contributed by atoms with Crippen molar-refractivity contribution in [1.29, 1.82) is 0 Å². The topological polar surface area (TPSA) is 50.2 Å². The Balaban J connectivity index is 2.47. The Labute approximate surface area is 125 Å². The van der Waals surface area contributed by atoms with Crippen LogP contribution in [0, 0.1) is 0 Å². The molecule has 0 spiro atoms. The van der Waals surface area contributed by atoms with Gasteiger partial charge in [-0.05, 0) is 18.2 Å². The van der Waals surface area contributed by atoms with Crippen LogP contribution in [-0.4, -0.2) is 16.1 Å². The highest BCUT2D eigenvalue weighted by Crippen LogP contribution is 2.36. The van der Waals surface area contributed by atoms with E-state index in [1.165, 1.54) is 5.38 Å². The highest BCUT2D eigenvalue weighted by Gasteiger charge is 2.32. The SMILES string of the molecule is O=C(O)Cc1csc(-c2cc(C(F)F)cc(C(F)(F)F)c2)n1. The maximum Gasteiger partial charge on any atom is 0.416 e. The molecule has 9 heteroatoms. The van der Waals surface area contributed by atoms with E-state index in [1.54, 1.807) is 0 Å². The highest BCUT2D eigenvalue weighted by molar-refractivity contribution is 7.13. The first-order valence-electron chi connectivity index (χ1n) is 5.83. The first kappa shape index (κ1) is 16.3. The van der Waals surface area contributed by atoms with Gasteiger partial charge in [0, 0.05) is 16.5 Å². The van der Waals surface area contributed by atoms with E-state index in [-0.39, 0.29) is 16.3 Å². The Bertz CT molecular complexity index is 696. The fourth-order valence-corrected chi connectivity index (χ4v) is 2.55. The van der Waals surface area contributed by atoms with Gasteiger partial charge in [0.2, 0.25) is 0 Å². The van der Waals surface area contributed by atoms with Crippen LogP contribution >= 0.6 is 11.3 Å². The number of carbonyl (C=O) groups is 1. The van der Waals surface area contributed by atoms with Crippen molar-refractivity contribution >= 4 is 17.3 Å². The normalized spacial score (nSPS) is 11.9. The smallest absolute Gasteiger partial charge is 0.416 e. The minimum Gasteiger partial charge on any atom is -0.481 e. The third-order valence-electron chi connectivity index (χ3n) is 2.67. The molecule has 22 heavy (non-hydrogen) atoms. The number of carboxylic acids is 1. The van der Waals surface area contributed by atoms with Gasteiger partial charge in [-0.25, -0.2) is 13.8 Å². The van der Waals surface area contributed by atoms with Crippen LogP contribution in [0.25, 0.3) is 10.6 Å². The number of rotatable bonds is 4. The van der Waals surface area contributed by atoms with E-state index in [4.69, 9.17) is 5.11 Å². The molecule has 1 aromatic heterocycles. The Morgan fingerprint density at radius 2 is 1.95 bits per heavy atom. The molecule has 0 bridgehead atoms. The van der Waals surface area contributed by atoms with Gasteiger partial charge in [0.15, 0.2) is 0 Å². The lowest BCUT2D eigenvalue weighted by Crippen LogP contribution is -2.06. The first-order chi connectivity index (χ1) is 10.2. The summed E-state index contributed by atoms with van der Waals surface area (Å²) >= 11 is 0.898. The van der Waals surface area contributed by atoms with Crippen LogP contribution in [0.2, 0.25) is 0 Å². The lowest BCUT2D eigenvalue weighted by atomic mass is 10.1. The van der Waals surface area contributed by atoms with Crippen LogP contribution in [0.15, 0.2) is 23.6 Å². The summed E-state index contributed by atoms with van der Waals surface area (Å²) in [4.78, 5) is 14.4. The molecule has 118 valence electrons. The molecule has 0 saturated carbocycles. The lowest BCUT2D eigenvalue weighted by Gasteiger charge is -2.11. The summed E-state index contributed by atoms with van der Waals surface area (Å²) < 4.78 is 63.8. The van der Waals surface area contributed by atoms with Gasteiger partial charge in [-0.3, -0.25) is 4.79 Å². The number of hydrogen-bond donors (Lipinski definition) is 1. The fourth-order valence-electron chi connectivity index (χ4n) is 1.74. The van der Waals surface area contributed by atoms with Crippen LogP contribution in [0.5, 0.6) is 0 Å². The fraction of sp³-hybridized carbons (Fsp3) is 0.231. The molecule has 0 aliphatic rings. The van der Waals surface area contributed by atoms with E-state index in [9.17, 15) is 26.7 Å². The Hall–Kier alpha value is -2.03. The average Bonchev–Trinajstić information content (AvgIpc) is 2.84. The zero-order chi connectivity index (χ0) is 16.5. The number of aromatic nitrogens is 1. The van der Waals surface area contributed by atoms with Crippen molar-refractivity contribution < 1.29 is 31.9 Å². The molecule has 0 fully saturated rings. The maximum atomic E-state index is 12.8. The number of benzene rings is 1. The maximum absolute atomic E-state index is 12.8. The molecule has 0 aliphatic heterocycles. The molecule has 2 aromatic rings. The molecular formula is C13H8F5NO2S. The van der Waals surface area contributed by atoms with Crippen LogP contribution in [0.4, 0.5) is 22.0 Å². The van der Waals surface area contributed by atoms with Crippen molar-refractivity contribution in [1.82, 2.24) is 4.98 Å². The Morgan fingerprint density at radius 3 is 2.50 bits per heavy atom. The van der Waals surface area contributed by atoms with E-state index in [0.29, 0.717) is 6.07 Å². The van der Waals surface area contributed by atoms with Gasteiger partial charge in [-0.2, -0.15) is 13.2 Å². The van der Waals surface area contributed by atoms with Crippen LogP contribution < -0.4 is 0 Å². The van der Waals surface area contributed by atoms with Crippen molar-refractivity contribution in [2.24, 2.45) is 0 Å². The van der Waals surface area contributed by atoms with Gasteiger partial charge >= 0.3 is 12.1 Å². The summed E-state index contributed by atoms with van der Waals surface area (Å²) in [6.45, 7) is 0. The number of alkyl halides is 5. The summed E-state index contributed by atoms with van der Waals surface area (Å²) in [7, 11) is 0. The summed E-state index contributed by atoms with van der Waals surface area (Å²) in [6, 6.07) is 2.03. The van der Waals surface area contributed by atoms with E-state index in [2.05, 4.69) is 4.98 Å². The van der Waals surface area contributed by atoms with E-state index in [1.807, 2.05) is 0 Å². The van der Waals surface area contributed by atoms with Crippen LogP contribution in [-0.2, 0) is 17.4 Å². The number of aliphatic carboxylic acids is 1. The van der Waals surface area contributed by atoms with E-state index < -0.39 is 36.1 Å². The van der Waals surface area contributed by atoms with Crippen LogP contribution in [0.3, 0.4) is 0 Å².